The van der Waals surface area contributed by atoms with Crippen molar-refractivity contribution in [2.24, 2.45) is 0 Å². The van der Waals surface area contributed by atoms with Crippen LogP contribution >= 0.6 is 11.6 Å². The van der Waals surface area contributed by atoms with Gasteiger partial charge in [0.1, 0.15) is 10.6 Å². The Morgan fingerprint density at radius 2 is 2.31 bits per heavy atom. The molecule has 2 aromatic rings. The lowest BCUT2D eigenvalue weighted by Crippen LogP contribution is -2.01. The number of halogens is 1. The highest BCUT2D eigenvalue weighted by Gasteiger charge is 2.07. The molecule has 0 fully saturated rings. The van der Waals surface area contributed by atoms with Crippen LogP contribution in [-0.2, 0) is 0 Å². The Morgan fingerprint density at radius 1 is 1.54 bits per heavy atom. The predicted octanol–water partition coefficient (Wildman–Crippen LogP) is 2.56. The zero-order valence-corrected chi connectivity index (χ0v) is 7.68. The summed E-state index contributed by atoms with van der Waals surface area (Å²) in [7, 11) is 0. The summed E-state index contributed by atoms with van der Waals surface area (Å²) in [6.07, 6.45) is 0. The van der Waals surface area contributed by atoms with Gasteiger partial charge in [-0.25, -0.2) is 4.79 Å². The van der Waals surface area contributed by atoms with E-state index in [4.69, 9.17) is 16.0 Å². The van der Waals surface area contributed by atoms with Gasteiger partial charge >= 0.3 is 5.63 Å². The van der Waals surface area contributed by atoms with Crippen molar-refractivity contribution in [3.63, 3.8) is 0 Å². The highest BCUT2D eigenvalue weighted by atomic mass is 35.5. The van der Waals surface area contributed by atoms with E-state index < -0.39 is 5.63 Å². The molecule has 0 bridgehead atoms. The van der Waals surface area contributed by atoms with Crippen LogP contribution in [0.15, 0.2) is 27.4 Å². The van der Waals surface area contributed by atoms with E-state index in [0.29, 0.717) is 5.58 Å². The molecule has 3 heteroatoms. The van der Waals surface area contributed by atoms with Crippen molar-refractivity contribution in [3.8, 4) is 0 Å². The first-order chi connectivity index (χ1) is 6.20. The van der Waals surface area contributed by atoms with Crippen LogP contribution < -0.4 is 5.63 Å². The van der Waals surface area contributed by atoms with Gasteiger partial charge in [0, 0.05) is 5.39 Å². The fraction of sp³-hybridized carbons (Fsp3) is 0.100. The van der Waals surface area contributed by atoms with Crippen molar-refractivity contribution in [1.29, 1.82) is 0 Å². The zero-order chi connectivity index (χ0) is 9.42. The van der Waals surface area contributed by atoms with Crippen molar-refractivity contribution >= 4 is 22.6 Å². The molecule has 0 aliphatic heterocycles. The molecule has 0 unspecified atom stereocenters. The van der Waals surface area contributed by atoms with Crippen LogP contribution in [0.1, 0.15) is 5.56 Å². The Labute approximate surface area is 79.7 Å². The Kier molecular flexibility index (Phi) is 1.85. The molecule has 0 saturated carbocycles. The molecule has 0 spiro atoms. The summed E-state index contributed by atoms with van der Waals surface area (Å²) in [5.41, 5.74) is 0.780. The van der Waals surface area contributed by atoms with Crippen LogP contribution in [-0.4, -0.2) is 0 Å². The van der Waals surface area contributed by atoms with Gasteiger partial charge in [-0.2, -0.15) is 0 Å². The van der Waals surface area contributed by atoms with Crippen LogP contribution in [0, 0.1) is 13.0 Å². The monoisotopic (exact) mass is 193 g/mol. The second kappa shape index (κ2) is 2.89. The smallest absolute Gasteiger partial charge is 0.355 e. The first-order valence-corrected chi connectivity index (χ1v) is 4.17. The zero-order valence-electron chi connectivity index (χ0n) is 6.93. The first kappa shape index (κ1) is 8.32. The minimum Gasteiger partial charge on any atom is -0.422 e. The van der Waals surface area contributed by atoms with Gasteiger partial charge in [0.15, 0.2) is 0 Å². The maximum absolute atomic E-state index is 11.1. The minimum absolute atomic E-state index is 0.152. The number of benzene rings is 1. The van der Waals surface area contributed by atoms with Crippen molar-refractivity contribution < 1.29 is 4.42 Å². The van der Waals surface area contributed by atoms with E-state index >= 15 is 0 Å². The number of hydrogen-bond acceptors (Lipinski definition) is 2. The van der Waals surface area contributed by atoms with E-state index in [1.54, 1.807) is 19.1 Å². The molecule has 13 heavy (non-hydrogen) atoms. The molecule has 1 heterocycles. The third-order valence-corrected chi connectivity index (χ3v) is 2.38. The number of aryl methyl sites for hydroxylation is 1. The fourth-order valence-corrected chi connectivity index (χ4v) is 1.37. The van der Waals surface area contributed by atoms with Gasteiger partial charge in [0.25, 0.3) is 0 Å². The topological polar surface area (TPSA) is 30.2 Å². The van der Waals surface area contributed by atoms with E-state index in [0.717, 1.165) is 10.9 Å². The average molecular weight is 194 g/mol. The third kappa shape index (κ3) is 1.23. The van der Waals surface area contributed by atoms with E-state index in [2.05, 4.69) is 6.07 Å². The molecule has 65 valence electrons. The number of rotatable bonds is 0. The van der Waals surface area contributed by atoms with Crippen LogP contribution in [0.2, 0.25) is 5.02 Å². The molecule has 1 radical (unpaired) electrons. The van der Waals surface area contributed by atoms with Gasteiger partial charge in [-0.15, -0.1) is 0 Å². The van der Waals surface area contributed by atoms with Crippen molar-refractivity contribution in [1.82, 2.24) is 0 Å². The summed E-state index contributed by atoms with van der Waals surface area (Å²) in [6.45, 7) is 1.79. The molecule has 0 saturated heterocycles. The van der Waals surface area contributed by atoms with Gasteiger partial charge in [0.2, 0.25) is 0 Å². The number of fused-ring (bicyclic) bond motifs is 1. The second-order valence-electron chi connectivity index (χ2n) is 2.75. The fourth-order valence-electron chi connectivity index (χ4n) is 1.23. The summed E-state index contributed by atoms with van der Waals surface area (Å²) in [4.78, 5) is 11.1. The molecule has 0 aliphatic carbocycles. The largest absolute Gasteiger partial charge is 0.422 e. The lowest BCUT2D eigenvalue weighted by molar-refractivity contribution is 0.560. The molecule has 0 aliphatic rings. The third-order valence-electron chi connectivity index (χ3n) is 1.94. The van der Waals surface area contributed by atoms with Crippen LogP contribution in [0.3, 0.4) is 0 Å². The molecule has 1 aromatic heterocycles. The Balaban J connectivity index is 3.02. The van der Waals surface area contributed by atoms with Gasteiger partial charge in [0.05, 0.1) is 0 Å². The highest BCUT2D eigenvalue weighted by Crippen LogP contribution is 2.20. The van der Waals surface area contributed by atoms with Crippen molar-refractivity contribution in [2.75, 3.05) is 0 Å². The van der Waals surface area contributed by atoms with Crippen molar-refractivity contribution in [3.05, 3.63) is 45.3 Å². The summed E-state index contributed by atoms with van der Waals surface area (Å²) in [6, 6.07) is 8.03. The standard InChI is InChI=1S/C10H6ClO2/c1-6-7-4-2-3-5-8(7)13-10(12)9(6)11/h2,4-5H,1H3. The normalized spacial score (nSPS) is 10.6. The van der Waals surface area contributed by atoms with Crippen molar-refractivity contribution in [2.45, 2.75) is 6.92 Å². The molecular formula is C10H6ClO2. The molecule has 0 atom stereocenters. The minimum atomic E-state index is -0.494. The summed E-state index contributed by atoms with van der Waals surface area (Å²) in [5.74, 6) is 0. The number of hydrogen-bond donors (Lipinski definition) is 0. The lowest BCUT2D eigenvalue weighted by atomic mass is 10.1. The van der Waals surface area contributed by atoms with Gasteiger partial charge in [-0.1, -0.05) is 23.7 Å². The maximum atomic E-state index is 11.1. The Hall–Kier alpha value is -1.28. The molecular weight excluding hydrogens is 188 g/mol. The van der Waals surface area contributed by atoms with Gasteiger partial charge in [-0.05, 0) is 24.6 Å². The van der Waals surface area contributed by atoms with Gasteiger partial charge in [-0.3, -0.25) is 0 Å². The second-order valence-corrected chi connectivity index (χ2v) is 3.13. The van der Waals surface area contributed by atoms with Crippen LogP contribution in [0.25, 0.3) is 11.0 Å². The summed E-state index contributed by atoms with van der Waals surface area (Å²) < 4.78 is 4.95. The molecule has 0 amide bonds. The Morgan fingerprint density at radius 3 is 3.08 bits per heavy atom. The first-order valence-electron chi connectivity index (χ1n) is 3.79. The molecule has 2 nitrogen and oxygen atoms in total. The summed E-state index contributed by atoms with van der Waals surface area (Å²) >= 11 is 5.74. The van der Waals surface area contributed by atoms with E-state index in [9.17, 15) is 4.79 Å². The van der Waals surface area contributed by atoms with E-state index in [-0.39, 0.29) is 5.02 Å². The molecule has 2 rings (SSSR count). The predicted molar refractivity (Wildman–Crippen MR) is 51.1 cm³/mol. The van der Waals surface area contributed by atoms with Gasteiger partial charge < -0.3 is 4.42 Å². The molecule has 0 N–H and O–H groups in total. The SMILES string of the molecule is Cc1c(Cl)c(=O)oc2c[c]ccc12. The highest BCUT2D eigenvalue weighted by molar-refractivity contribution is 6.31. The average Bonchev–Trinajstić information content (AvgIpc) is 2.15. The summed E-state index contributed by atoms with van der Waals surface area (Å²) in [5, 5.41) is 1.00. The maximum Gasteiger partial charge on any atom is 0.355 e. The lowest BCUT2D eigenvalue weighted by Gasteiger charge is -2.00. The van der Waals surface area contributed by atoms with E-state index in [1.165, 1.54) is 0 Å². The molecule has 1 aromatic carbocycles. The quantitative estimate of drug-likeness (QED) is 0.602. The van der Waals surface area contributed by atoms with Crippen LogP contribution in [0.5, 0.6) is 0 Å². The van der Waals surface area contributed by atoms with E-state index in [1.807, 2.05) is 6.07 Å². The Bertz CT molecular complexity index is 514. The van der Waals surface area contributed by atoms with Crippen LogP contribution in [0.4, 0.5) is 0 Å².